The topological polar surface area (TPSA) is 100 Å². The molecule has 1 fully saturated rings. The number of benzene rings is 2. The highest BCUT2D eigenvalue weighted by atomic mass is 16.5. The summed E-state index contributed by atoms with van der Waals surface area (Å²) in [5.74, 6) is 1.83. The zero-order chi connectivity index (χ0) is 22.6. The molecular weight excluding hydrogens is 422 g/mol. The van der Waals surface area contributed by atoms with E-state index in [-0.39, 0.29) is 11.7 Å². The molecule has 0 spiro atoms. The maximum Gasteiger partial charge on any atom is 0.273 e. The number of aromatic nitrogens is 2. The second-order valence-electron chi connectivity index (χ2n) is 7.86. The number of amides is 1. The predicted molar refractivity (Wildman–Crippen MR) is 123 cm³/mol. The van der Waals surface area contributed by atoms with Gasteiger partial charge in [-0.25, -0.2) is 4.98 Å². The van der Waals surface area contributed by atoms with Crippen LogP contribution in [0, 0.1) is 0 Å². The van der Waals surface area contributed by atoms with Crippen molar-refractivity contribution in [3.05, 3.63) is 65.9 Å². The van der Waals surface area contributed by atoms with Crippen LogP contribution in [0.4, 0.5) is 17.5 Å². The van der Waals surface area contributed by atoms with Crippen LogP contribution in [0.3, 0.4) is 0 Å². The molecule has 9 nitrogen and oxygen atoms in total. The van der Waals surface area contributed by atoms with E-state index in [4.69, 9.17) is 14.5 Å². The molecule has 9 heteroatoms. The third-order valence-corrected chi connectivity index (χ3v) is 5.61. The summed E-state index contributed by atoms with van der Waals surface area (Å²) in [6.45, 7) is 3.70. The number of morpholine rings is 1. The van der Waals surface area contributed by atoms with E-state index >= 15 is 0 Å². The van der Waals surface area contributed by atoms with Gasteiger partial charge in [0.15, 0.2) is 0 Å². The van der Waals surface area contributed by atoms with Crippen LogP contribution in [0.5, 0.6) is 11.5 Å². The number of para-hydroxylation sites is 1. The first-order chi connectivity index (χ1) is 16.2. The minimum atomic E-state index is -0.141. The number of phenols is 1. The molecule has 0 unspecified atom stereocenters. The van der Waals surface area contributed by atoms with Crippen molar-refractivity contribution in [2.75, 3.05) is 49.7 Å². The van der Waals surface area contributed by atoms with Gasteiger partial charge in [0.25, 0.3) is 5.91 Å². The summed E-state index contributed by atoms with van der Waals surface area (Å²) < 4.78 is 11.2. The molecule has 0 aliphatic carbocycles. The lowest BCUT2D eigenvalue weighted by molar-refractivity contribution is 0.0749. The van der Waals surface area contributed by atoms with Crippen molar-refractivity contribution in [1.82, 2.24) is 14.9 Å². The Morgan fingerprint density at radius 2 is 1.88 bits per heavy atom. The second kappa shape index (κ2) is 9.33. The first-order valence-corrected chi connectivity index (χ1v) is 10.9. The SMILES string of the molecule is O=C1c2nc(N3CCOCC3)nc(Nc3cccc(O)c3)c2CN1CCOc1ccccc1. The fraction of sp³-hybridized carbons (Fsp3) is 0.292. The molecule has 2 aromatic carbocycles. The molecule has 0 saturated carbocycles. The van der Waals surface area contributed by atoms with Crippen molar-refractivity contribution in [3.63, 3.8) is 0 Å². The summed E-state index contributed by atoms with van der Waals surface area (Å²) in [5, 5.41) is 13.1. The zero-order valence-electron chi connectivity index (χ0n) is 18.1. The molecule has 170 valence electrons. The number of hydrogen-bond donors (Lipinski definition) is 2. The number of anilines is 3. The van der Waals surface area contributed by atoms with E-state index in [1.165, 1.54) is 0 Å². The van der Waals surface area contributed by atoms with Gasteiger partial charge in [-0.3, -0.25) is 4.79 Å². The third-order valence-electron chi connectivity index (χ3n) is 5.61. The fourth-order valence-corrected chi connectivity index (χ4v) is 3.91. The van der Waals surface area contributed by atoms with E-state index in [1.807, 2.05) is 41.3 Å². The van der Waals surface area contributed by atoms with E-state index < -0.39 is 0 Å². The number of phenolic OH excluding ortho intramolecular Hbond substituents is 1. The second-order valence-corrected chi connectivity index (χ2v) is 7.86. The van der Waals surface area contributed by atoms with E-state index in [0.717, 1.165) is 11.3 Å². The van der Waals surface area contributed by atoms with Crippen LogP contribution in [0.1, 0.15) is 16.1 Å². The van der Waals surface area contributed by atoms with Crippen LogP contribution >= 0.6 is 0 Å². The maximum absolute atomic E-state index is 13.2. The smallest absolute Gasteiger partial charge is 0.273 e. The Morgan fingerprint density at radius 1 is 1.06 bits per heavy atom. The number of aromatic hydroxyl groups is 1. The normalized spacial score (nSPS) is 15.5. The molecule has 33 heavy (non-hydrogen) atoms. The number of ether oxygens (including phenoxy) is 2. The molecule has 0 radical (unpaired) electrons. The number of carbonyl (C=O) groups is 1. The van der Waals surface area contributed by atoms with Gasteiger partial charge in [0.2, 0.25) is 5.95 Å². The number of hydrogen-bond acceptors (Lipinski definition) is 8. The Morgan fingerprint density at radius 3 is 2.67 bits per heavy atom. The summed E-state index contributed by atoms with van der Waals surface area (Å²) in [6.07, 6.45) is 0. The predicted octanol–water partition coefficient (Wildman–Crippen LogP) is 2.80. The molecule has 3 heterocycles. The monoisotopic (exact) mass is 447 g/mol. The van der Waals surface area contributed by atoms with Gasteiger partial charge >= 0.3 is 0 Å². The largest absolute Gasteiger partial charge is 0.508 e. The standard InChI is InChI=1S/C24H25N5O4/c30-18-6-4-5-17(15-18)25-22-20-16-29(11-14-33-19-7-2-1-3-8-19)23(31)21(20)26-24(27-22)28-9-12-32-13-10-28/h1-8,15,30H,9-14,16H2,(H,25,26,27). The average Bonchev–Trinajstić information content (AvgIpc) is 3.16. The zero-order valence-corrected chi connectivity index (χ0v) is 18.1. The van der Waals surface area contributed by atoms with Gasteiger partial charge in [0.05, 0.1) is 26.3 Å². The molecule has 5 rings (SSSR count). The molecule has 2 N–H and O–H groups in total. The Bertz CT molecular complexity index is 1130. The van der Waals surface area contributed by atoms with Gasteiger partial charge in [0, 0.05) is 30.4 Å². The molecule has 0 bridgehead atoms. The summed E-state index contributed by atoms with van der Waals surface area (Å²) >= 11 is 0. The van der Waals surface area contributed by atoms with Crippen LogP contribution in [-0.2, 0) is 11.3 Å². The summed E-state index contributed by atoms with van der Waals surface area (Å²) in [6, 6.07) is 16.3. The van der Waals surface area contributed by atoms with E-state index in [0.29, 0.717) is 69.1 Å². The Hall–Kier alpha value is -3.85. The molecule has 3 aromatic rings. The highest BCUT2D eigenvalue weighted by Gasteiger charge is 2.33. The minimum absolute atomic E-state index is 0.141. The van der Waals surface area contributed by atoms with Crippen LogP contribution in [0.2, 0.25) is 0 Å². The van der Waals surface area contributed by atoms with Gasteiger partial charge in [-0.1, -0.05) is 24.3 Å². The highest BCUT2D eigenvalue weighted by molar-refractivity contribution is 5.98. The van der Waals surface area contributed by atoms with E-state index in [2.05, 4.69) is 10.3 Å². The van der Waals surface area contributed by atoms with Gasteiger partial charge in [0.1, 0.15) is 29.6 Å². The van der Waals surface area contributed by atoms with Crippen molar-refractivity contribution in [1.29, 1.82) is 0 Å². The Labute approximate surface area is 191 Å². The Kier molecular flexibility index (Phi) is 5.95. The summed E-state index contributed by atoms with van der Waals surface area (Å²) in [7, 11) is 0. The van der Waals surface area contributed by atoms with Gasteiger partial charge < -0.3 is 29.7 Å². The molecule has 0 atom stereocenters. The van der Waals surface area contributed by atoms with Crippen molar-refractivity contribution < 1.29 is 19.4 Å². The van der Waals surface area contributed by atoms with Crippen LogP contribution in [0.15, 0.2) is 54.6 Å². The molecule has 1 saturated heterocycles. The molecular formula is C24H25N5O4. The lowest BCUT2D eigenvalue weighted by atomic mass is 10.2. The Balaban J connectivity index is 1.39. The van der Waals surface area contributed by atoms with Crippen molar-refractivity contribution >= 4 is 23.4 Å². The average molecular weight is 447 g/mol. The number of nitrogens with zero attached hydrogens (tertiary/aromatic N) is 4. The molecule has 2 aliphatic heterocycles. The van der Waals surface area contributed by atoms with Crippen molar-refractivity contribution in [2.45, 2.75) is 6.54 Å². The van der Waals surface area contributed by atoms with Gasteiger partial charge in [-0.2, -0.15) is 4.98 Å². The first kappa shape index (κ1) is 21.0. The van der Waals surface area contributed by atoms with Gasteiger partial charge in [-0.15, -0.1) is 0 Å². The van der Waals surface area contributed by atoms with E-state index in [1.54, 1.807) is 23.1 Å². The molecule has 1 amide bonds. The lowest BCUT2D eigenvalue weighted by Gasteiger charge is -2.27. The van der Waals surface area contributed by atoms with Crippen molar-refractivity contribution in [3.8, 4) is 11.5 Å². The minimum Gasteiger partial charge on any atom is -0.508 e. The number of carbonyl (C=O) groups excluding carboxylic acids is 1. The molecule has 2 aliphatic rings. The number of fused-ring (bicyclic) bond motifs is 1. The van der Waals surface area contributed by atoms with E-state index in [9.17, 15) is 9.90 Å². The van der Waals surface area contributed by atoms with Crippen molar-refractivity contribution in [2.24, 2.45) is 0 Å². The molecule has 1 aromatic heterocycles. The number of nitrogens with one attached hydrogen (secondary N) is 1. The van der Waals surface area contributed by atoms with Crippen LogP contribution in [-0.4, -0.2) is 65.3 Å². The fourth-order valence-electron chi connectivity index (χ4n) is 3.91. The highest BCUT2D eigenvalue weighted by Crippen LogP contribution is 2.31. The third kappa shape index (κ3) is 4.68. The lowest BCUT2D eigenvalue weighted by Crippen LogP contribution is -2.37. The summed E-state index contributed by atoms with van der Waals surface area (Å²) in [5.41, 5.74) is 1.82. The van der Waals surface area contributed by atoms with Crippen LogP contribution in [0.25, 0.3) is 0 Å². The van der Waals surface area contributed by atoms with Gasteiger partial charge in [-0.05, 0) is 24.3 Å². The summed E-state index contributed by atoms with van der Waals surface area (Å²) in [4.78, 5) is 26.3. The maximum atomic E-state index is 13.2. The van der Waals surface area contributed by atoms with Crippen LogP contribution < -0.4 is 15.0 Å². The first-order valence-electron chi connectivity index (χ1n) is 10.9. The number of rotatable bonds is 7. The quantitative estimate of drug-likeness (QED) is 0.570.